The van der Waals surface area contributed by atoms with E-state index in [1.165, 1.54) is 0 Å². The number of aromatic amines is 1. The van der Waals surface area contributed by atoms with Gasteiger partial charge in [0.15, 0.2) is 5.82 Å². The average Bonchev–Trinajstić information content (AvgIpc) is 3.00. The molecule has 0 radical (unpaired) electrons. The molecule has 2 N–H and O–H groups in total. The normalized spacial score (nSPS) is 16.4. The highest BCUT2D eigenvalue weighted by Gasteiger charge is 2.24. The Hall–Kier alpha value is -2.37. The predicted octanol–water partition coefficient (Wildman–Crippen LogP) is 2.90. The number of benzene rings is 1. The van der Waals surface area contributed by atoms with Gasteiger partial charge in [-0.05, 0) is 56.0 Å². The molecule has 1 unspecified atom stereocenters. The fraction of sp³-hybridized carbons (Fsp3) is 0.300. The second kappa shape index (κ2) is 7.48. The van der Waals surface area contributed by atoms with Gasteiger partial charge in [0.05, 0.1) is 0 Å². The van der Waals surface area contributed by atoms with E-state index in [4.69, 9.17) is 11.6 Å². The number of pyridine rings is 1. The van der Waals surface area contributed by atoms with Gasteiger partial charge in [0.2, 0.25) is 0 Å². The highest BCUT2D eigenvalue weighted by atomic mass is 35.5. The minimum atomic E-state index is 0.0105. The molecule has 0 bridgehead atoms. The van der Waals surface area contributed by atoms with E-state index in [9.17, 15) is 4.79 Å². The predicted molar refractivity (Wildman–Crippen MR) is 103 cm³/mol. The zero-order valence-electron chi connectivity index (χ0n) is 14.4. The van der Waals surface area contributed by atoms with Crippen molar-refractivity contribution >= 4 is 11.6 Å². The Bertz CT molecular complexity index is 948. The molecular weight excluding hydrogens is 348 g/mol. The zero-order chi connectivity index (χ0) is 17.9. The van der Waals surface area contributed by atoms with Crippen LogP contribution in [0.5, 0.6) is 0 Å². The number of rotatable bonds is 5. The Balaban J connectivity index is 1.43. The molecule has 6 heteroatoms. The van der Waals surface area contributed by atoms with Gasteiger partial charge in [-0.1, -0.05) is 35.9 Å². The summed E-state index contributed by atoms with van der Waals surface area (Å²) in [4.78, 5) is 17.0. The number of aryl methyl sites for hydroxylation is 1. The minimum Gasteiger partial charge on any atom is -0.313 e. The quantitative estimate of drug-likeness (QED) is 0.727. The number of aromatic nitrogens is 3. The van der Waals surface area contributed by atoms with Gasteiger partial charge in [0.25, 0.3) is 5.56 Å². The molecule has 2 aromatic heterocycles. The summed E-state index contributed by atoms with van der Waals surface area (Å²) in [5.41, 5.74) is 3.07. The lowest BCUT2D eigenvalue weighted by atomic mass is 9.93. The molecule has 0 fully saturated rings. The highest BCUT2D eigenvalue weighted by Crippen LogP contribution is 2.19. The fourth-order valence-corrected chi connectivity index (χ4v) is 3.77. The molecule has 0 aliphatic heterocycles. The number of nitrogens with zero attached hydrogens (tertiary/aromatic N) is 2. The van der Waals surface area contributed by atoms with Crippen molar-refractivity contribution in [2.24, 2.45) is 0 Å². The van der Waals surface area contributed by atoms with E-state index in [1.54, 1.807) is 10.9 Å². The summed E-state index contributed by atoms with van der Waals surface area (Å²) in [6.45, 7) is 0.850. The van der Waals surface area contributed by atoms with Crippen molar-refractivity contribution in [1.82, 2.24) is 20.1 Å². The molecule has 1 aliphatic carbocycles. The van der Waals surface area contributed by atoms with Gasteiger partial charge in [0.1, 0.15) is 0 Å². The van der Waals surface area contributed by atoms with Crippen LogP contribution in [0.25, 0.3) is 5.82 Å². The van der Waals surface area contributed by atoms with Gasteiger partial charge in [-0.3, -0.25) is 9.89 Å². The second-order valence-corrected chi connectivity index (χ2v) is 7.04. The summed E-state index contributed by atoms with van der Waals surface area (Å²) in [5.74, 6) is 0.634. The van der Waals surface area contributed by atoms with E-state index >= 15 is 0 Å². The highest BCUT2D eigenvalue weighted by molar-refractivity contribution is 6.31. The first kappa shape index (κ1) is 17.1. The molecule has 1 aromatic carbocycles. The number of hydrogen-bond acceptors (Lipinski definition) is 3. The molecule has 1 aliphatic rings. The molecule has 0 amide bonds. The first-order valence-electron chi connectivity index (χ1n) is 8.93. The van der Waals surface area contributed by atoms with E-state index in [1.807, 2.05) is 36.4 Å². The van der Waals surface area contributed by atoms with Gasteiger partial charge in [-0.25, -0.2) is 9.67 Å². The Morgan fingerprint density at radius 2 is 2.08 bits per heavy atom. The van der Waals surface area contributed by atoms with Gasteiger partial charge < -0.3 is 5.32 Å². The average molecular weight is 369 g/mol. The molecule has 3 aromatic rings. The molecule has 0 saturated carbocycles. The van der Waals surface area contributed by atoms with Crippen molar-refractivity contribution in [3.8, 4) is 5.82 Å². The van der Waals surface area contributed by atoms with Gasteiger partial charge in [-0.15, -0.1) is 0 Å². The molecule has 0 saturated heterocycles. The summed E-state index contributed by atoms with van der Waals surface area (Å²) < 4.78 is 1.55. The Morgan fingerprint density at radius 1 is 1.23 bits per heavy atom. The maximum absolute atomic E-state index is 12.7. The van der Waals surface area contributed by atoms with Crippen molar-refractivity contribution in [2.75, 3.05) is 6.54 Å². The maximum Gasteiger partial charge on any atom is 0.276 e. The number of halogens is 1. The number of H-pyrrole nitrogens is 1. The lowest BCUT2D eigenvalue weighted by Gasteiger charge is -2.22. The first-order valence-corrected chi connectivity index (χ1v) is 9.31. The topological polar surface area (TPSA) is 62.7 Å². The van der Waals surface area contributed by atoms with Crippen LogP contribution in [0.2, 0.25) is 5.02 Å². The van der Waals surface area contributed by atoms with Crippen molar-refractivity contribution in [2.45, 2.75) is 31.7 Å². The Kier molecular flexibility index (Phi) is 4.91. The van der Waals surface area contributed by atoms with E-state index in [0.717, 1.165) is 54.1 Å². The molecule has 5 nitrogen and oxygen atoms in total. The summed E-state index contributed by atoms with van der Waals surface area (Å²) in [7, 11) is 0. The molecule has 0 spiro atoms. The lowest BCUT2D eigenvalue weighted by Crippen LogP contribution is -2.37. The minimum absolute atomic E-state index is 0.0105. The molecule has 4 rings (SSSR count). The van der Waals surface area contributed by atoms with Crippen LogP contribution in [0.3, 0.4) is 0 Å². The molecule has 26 heavy (non-hydrogen) atoms. The van der Waals surface area contributed by atoms with Crippen molar-refractivity contribution in [3.05, 3.63) is 80.9 Å². The van der Waals surface area contributed by atoms with Gasteiger partial charge >= 0.3 is 0 Å². The van der Waals surface area contributed by atoms with Crippen LogP contribution in [0.15, 0.2) is 53.5 Å². The second-order valence-electron chi connectivity index (χ2n) is 6.63. The Morgan fingerprint density at radius 3 is 2.88 bits per heavy atom. The lowest BCUT2D eigenvalue weighted by molar-refractivity contribution is 0.458. The molecule has 2 heterocycles. The smallest absolute Gasteiger partial charge is 0.276 e. The zero-order valence-corrected chi connectivity index (χ0v) is 15.2. The van der Waals surface area contributed by atoms with E-state index in [-0.39, 0.29) is 5.56 Å². The standard InChI is InChI=1S/C20H21ClN4O/c21-17-6-2-1-5-14(17)10-12-22-15-8-9-18-16(13-15)20(26)25(24-18)19-7-3-4-11-23-19/h1-7,11,15,22,24H,8-10,12-13H2. The van der Waals surface area contributed by atoms with Crippen LogP contribution >= 0.6 is 11.6 Å². The largest absolute Gasteiger partial charge is 0.313 e. The van der Waals surface area contributed by atoms with Gasteiger partial charge in [-0.2, -0.15) is 0 Å². The fourth-order valence-electron chi connectivity index (χ4n) is 3.54. The van der Waals surface area contributed by atoms with Gasteiger partial charge in [0, 0.05) is 28.5 Å². The summed E-state index contributed by atoms with van der Waals surface area (Å²) in [6.07, 6.45) is 5.20. The third kappa shape index (κ3) is 3.45. The van der Waals surface area contributed by atoms with Crippen molar-refractivity contribution in [1.29, 1.82) is 0 Å². The maximum atomic E-state index is 12.7. The van der Waals surface area contributed by atoms with Crippen LogP contribution < -0.4 is 10.9 Å². The third-order valence-electron chi connectivity index (χ3n) is 4.93. The summed E-state index contributed by atoms with van der Waals surface area (Å²) in [6, 6.07) is 13.8. The van der Waals surface area contributed by atoms with E-state index < -0.39 is 0 Å². The van der Waals surface area contributed by atoms with E-state index in [0.29, 0.717) is 11.9 Å². The summed E-state index contributed by atoms with van der Waals surface area (Å²) >= 11 is 6.21. The number of fused-ring (bicyclic) bond motifs is 1. The van der Waals surface area contributed by atoms with Crippen LogP contribution in [0.1, 0.15) is 23.2 Å². The Labute approximate surface area is 157 Å². The van der Waals surface area contributed by atoms with Crippen molar-refractivity contribution < 1.29 is 0 Å². The molecule has 134 valence electrons. The van der Waals surface area contributed by atoms with Crippen LogP contribution in [0.4, 0.5) is 0 Å². The van der Waals surface area contributed by atoms with Crippen LogP contribution in [-0.4, -0.2) is 27.4 Å². The first-order chi connectivity index (χ1) is 12.7. The summed E-state index contributed by atoms with van der Waals surface area (Å²) in [5, 5.41) is 7.61. The SMILES string of the molecule is O=c1c2c([nH]n1-c1ccccn1)CCC(NCCc1ccccc1Cl)C2. The van der Waals surface area contributed by atoms with Crippen molar-refractivity contribution in [3.63, 3.8) is 0 Å². The van der Waals surface area contributed by atoms with E-state index in [2.05, 4.69) is 21.5 Å². The third-order valence-corrected chi connectivity index (χ3v) is 5.30. The molecular formula is C20H21ClN4O. The monoisotopic (exact) mass is 368 g/mol. The van der Waals surface area contributed by atoms with Crippen LogP contribution in [-0.2, 0) is 19.3 Å². The van der Waals surface area contributed by atoms with Crippen LogP contribution in [0, 0.1) is 0 Å². The number of hydrogen-bond donors (Lipinski definition) is 2. The molecule has 1 atom stereocenters. The number of nitrogens with one attached hydrogen (secondary N) is 2.